The Morgan fingerprint density at radius 3 is 1.91 bits per heavy atom. The zero-order valence-corrected chi connectivity index (χ0v) is 26.6. The predicted molar refractivity (Wildman–Crippen MR) is 161 cm³/mol. The SMILES string of the molecule is [2H]C([3H])OCC1OC(n2cc(C)c(=O)[nH]c2=O)CC1O.[2H]C([3H])OCC1OC(n2cc(C)c(=O)[nH]c2=O)CC1O[Si](C)(C)C(C)(C)C. The molecule has 2 aromatic heterocycles. The van der Waals surface area contributed by atoms with Gasteiger partial charge in [0.25, 0.3) is 11.1 Å². The lowest BCUT2D eigenvalue weighted by Gasteiger charge is -2.39. The maximum absolute atomic E-state index is 12.2. The number of aromatic amines is 2. The normalized spacial score (nSPS) is 28.7. The van der Waals surface area contributed by atoms with E-state index >= 15 is 0 Å². The van der Waals surface area contributed by atoms with Crippen LogP contribution in [0.3, 0.4) is 0 Å². The minimum Gasteiger partial charge on any atom is -0.411 e. The number of nitrogens with one attached hydrogen (secondary N) is 2. The molecule has 43 heavy (non-hydrogen) atoms. The third kappa shape index (κ3) is 8.29. The molecule has 0 amide bonds. The van der Waals surface area contributed by atoms with Gasteiger partial charge < -0.3 is 28.5 Å². The van der Waals surface area contributed by atoms with Crippen LogP contribution in [0, 0.1) is 13.8 Å². The van der Waals surface area contributed by atoms with Gasteiger partial charge in [0.05, 0.1) is 30.9 Å². The van der Waals surface area contributed by atoms with Gasteiger partial charge in [-0.15, -0.1) is 0 Å². The number of H-pyrrole nitrogens is 2. The van der Waals surface area contributed by atoms with E-state index in [0.29, 0.717) is 17.5 Å². The average molecular weight is 633 g/mol. The second-order valence-corrected chi connectivity index (χ2v) is 17.1. The van der Waals surface area contributed by atoms with Gasteiger partial charge >= 0.3 is 11.4 Å². The number of methoxy groups -OCH3 is 2. The van der Waals surface area contributed by atoms with E-state index in [4.69, 9.17) is 28.9 Å². The molecule has 15 heteroatoms. The Bertz CT molecular complexity index is 1590. The highest BCUT2D eigenvalue weighted by molar-refractivity contribution is 6.74. The first kappa shape index (κ1) is 29.1. The number of nitrogens with zero attached hydrogens (tertiary/aromatic N) is 2. The quantitative estimate of drug-likeness (QED) is 0.360. The van der Waals surface area contributed by atoms with Crippen molar-refractivity contribution in [1.82, 2.24) is 19.1 Å². The van der Waals surface area contributed by atoms with Crippen LogP contribution < -0.4 is 22.5 Å². The Morgan fingerprint density at radius 2 is 1.42 bits per heavy atom. The van der Waals surface area contributed by atoms with Crippen molar-refractivity contribution in [3.8, 4) is 0 Å². The number of ether oxygens (including phenoxy) is 4. The highest BCUT2D eigenvalue weighted by Crippen LogP contribution is 2.41. The first-order chi connectivity index (χ1) is 21.7. The molecule has 0 spiro atoms. The standard InChI is InChI=1S/C17H30N2O5Si.C11H16N2O5/c1-11-9-19(16(21)18-15(11)20)14-8-12(13(23-14)10-22-5)24-25(6,7)17(2,3)4;1-6-4-13(11(16)12-10(6)15)9-3-7(14)8(18-9)5-17-2/h9,12-14H,8,10H2,1-7H3,(H,18,20,21);4,7-9,14H,3,5H2,1-2H3,(H,12,15,16)/i5TD;2TD. The van der Waals surface area contributed by atoms with E-state index in [0.717, 1.165) is 0 Å². The minimum absolute atomic E-state index is 0.00468. The molecule has 0 aromatic carbocycles. The van der Waals surface area contributed by atoms with Gasteiger partial charge in [0.15, 0.2) is 8.32 Å². The van der Waals surface area contributed by atoms with Gasteiger partial charge in [0, 0.05) is 50.5 Å². The van der Waals surface area contributed by atoms with Crippen molar-refractivity contribution < 1.29 is 34.0 Å². The molecule has 4 rings (SSSR count). The van der Waals surface area contributed by atoms with E-state index in [1.807, 2.05) is 0 Å². The molecule has 2 saturated heterocycles. The summed E-state index contributed by atoms with van der Waals surface area (Å²) in [5.74, 6) is 0. The monoisotopic (exact) mass is 632 g/mol. The molecule has 2 fully saturated rings. The Hall–Kier alpha value is -2.66. The summed E-state index contributed by atoms with van der Waals surface area (Å²) >= 11 is 0. The highest BCUT2D eigenvalue weighted by atomic mass is 28.4. The summed E-state index contributed by atoms with van der Waals surface area (Å²) in [6, 6.07) is 0. The lowest BCUT2D eigenvalue weighted by molar-refractivity contribution is -0.0547. The zero-order chi connectivity index (χ0) is 35.4. The fourth-order valence-corrected chi connectivity index (χ4v) is 5.88. The average Bonchev–Trinajstić information content (AvgIpc) is 3.52. The first-order valence-electron chi connectivity index (χ1n) is 16.2. The van der Waals surface area contributed by atoms with Crippen molar-refractivity contribution in [2.45, 2.75) is 102 Å². The molecular weight excluding hydrogens is 580 g/mol. The van der Waals surface area contributed by atoms with Crippen molar-refractivity contribution in [2.75, 3.05) is 27.3 Å². The van der Waals surface area contributed by atoms with Crippen LogP contribution >= 0.6 is 0 Å². The van der Waals surface area contributed by atoms with Gasteiger partial charge in [-0.05, 0) is 32.0 Å². The molecule has 0 saturated carbocycles. The van der Waals surface area contributed by atoms with Crippen LogP contribution in [0.1, 0.15) is 62.7 Å². The van der Waals surface area contributed by atoms with Crippen LogP contribution in [0.5, 0.6) is 0 Å². The molecule has 3 N–H and O–H groups in total. The van der Waals surface area contributed by atoms with Gasteiger partial charge in [0.1, 0.15) is 24.7 Å². The van der Waals surface area contributed by atoms with Gasteiger partial charge in [-0.3, -0.25) is 28.7 Å². The van der Waals surface area contributed by atoms with Gasteiger partial charge in [-0.1, -0.05) is 20.8 Å². The zero-order valence-electron chi connectivity index (χ0n) is 29.6. The Kier molecular flexibility index (Phi) is 9.44. The van der Waals surface area contributed by atoms with E-state index in [1.165, 1.54) is 21.5 Å². The number of aliphatic hydroxyl groups is 1. The molecule has 14 nitrogen and oxygen atoms in total. The molecule has 2 aliphatic rings. The van der Waals surface area contributed by atoms with Crippen LogP contribution in [0.2, 0.25) is 18.1 Å². The third-order valence-electron chi connectivity index (χ3n) is 8.07. The van der Waals surface area contributed by atoms with Crippen LogP contribution in [-0.4, -0.2) is 84.3 Å². The second-order valence-electron chi connectivity index (χ2n) is 12.3. The van der Waals surface area contributed by atoms with Crippen LogP contribution in [0.25, 0.3) is 0 Å². The van der Waals surface area contributed by atoms with Crippen molar-refractivity contribution >= 4 is 8.32 Å². The molecule has 8 atom stereocenters. The third-order valence-corrected chi connectivity index (χ3v) is 12.6. The molecule has 4 heterocycles. The summed E-state index contributed by atoms with van der Waals surface area (Å²) in [6.45, 7) is 13.8. The lowest BCUT2D eigenvalue weighted by atomic mass is 10.2. The number of hydrogen-bond acceptors (Lipinski definition) is 10. The maximum atomic E-state index is 12.2. The van der Waals surface area contributed by atoms with Crippen LogP contribution in [0.4, 0.5) is 0 Å². The molecular formula is C28H46N4O10Si. The minimum atomic E-state index is -2.11. The molecule has 0 radical (unpaired) electrons. The van der Waals surface area contributed by atoms with E-state index < -0.39 is 75.7 Å². The molecule has 0 aliphatic carbocycles. The fourth-order valence-electron chi connectivity index (χ4n) is 4.53. The number of aromatic nitrogens is 4. The van der Waals surface area contributed by atoms with E-state index in [-0.39, 0.29) is 30.8 Å². The fraction of sp³-hybridized carbons (Fsp3) is 0.714. The van der Waals surface area contributed by atoms with Crippen molar-refractivity contribution in [1.29, 1.82) is 0 Å². The predicted octanol–water partition coefficient (Wildman–Crippen LogP) is 1.31. The number of rotatable bonds is 8. The van der Waals surface area contributed by atoms with E-state index in [9.17, 15) is 24.3 Å². The maximum Gasteiger partial charge on any atom is 0.330 e. The smallest absolute Gasteiger partial charge is 0.330 e. The van der Waals surface area contributed by atoms with Gasteiger partial charge in [-0.2, -0.15) is 0 Å². The van der Waals surface area contributed by atoms with Crippen molar-refractivity contribution in [3.05, 3.63) is 65.2 Å². The van der Waals surface area contributed by atoms with Crippen molar-refractivity contribution in [3.63, 3.8) is 0 Å². The van der Waals surface area contributed by atoms with E-state index in [2.05, 4.69) is 43.8 Å². The summed E-state index contributed by atoms with van der Waals surface area (Å²) in [6.07, 6.45) is -0.268. The Morgan fingerprint density at radius 1 is 0.953 bits per heavy atom. The summed E-state index contributed by atoms with van der Waals surface area (Å²) < 4.78 is 58.7. The molecule has 8 unspecified atom stereocenters. The molecule has 242 valence electrons. The highest BCUT2D eigenvalue weighted by Gasteiger charge is 2.45. The van der Waals surface area contributed by atoms with Gasteiger partial charge in [0.2, 0.25) is 0 Å². The molecule has 2 aromatic rings. The van der Waals surface area contributed by atoms with Crippen molar-refractivity contribution in [2.24, 2.45) is 0 Å². The first-order valence-corrected chi connectivity index (χ1v) is 16.8. The Balaban J connectivity index is 0.000000267. The summed E-state index contributed by atoms with van der Waals surface area (Å²) in [7, 11) is -4.98. The van der Waals surface area contributed by atoms with Crippen LogP contribution in [-0.2, 0) is 23.4 Å². The lowest BCUT2D eigenvalue weighted by Crippen LogP contribution is -2.46. The number of aryl methyl sites for hydroxylation is 2. The van der Waals surface area contributed by atoms with Gasteiger partial charge in [-0.25, -0.2) is 9.59 Å². The largest absolute Gasteiger partial charge is 0.411 e. The van der Waals surface area contributed by atoms with Crippen LogP contribution in [0.15, 0.2) is 31.6 Å². The topological polar surface area (TPSA) is 176 Å². The Labute approximate surface area is 256 Å². The summed E-state index contributed by atoms with van der Waals surface area (Å²) in [4.78, 5) is 51.3. The number of hydrogen-bond donors (Lipinski definition) is 3. The molecule has 2 aliphatic heterocycles. The van der Waals surface area contributed by atoms with E-state index in [1.54, 1.807) is 13.8 Å². The summed E-state index contributed by atoms with van der Waals surface area (Å²) in [5, 5.41) is 9.83. The number of aliphatic hydroxyl groups excluding tert-OH is 1. The summed E-state index contributed by atoms with van der Waals surface area (Å²) in [5.41, 5.74) is -1.26. The second kappa shape index (κ2) is 14.0. The molecule has 0 bridgehead atoms.